The number of imidazole rings is 1. The van der Waals surface area contributed by atoms with Crippen LogP contribution in [0.25, 0.3) is 0 Å². The Morgan fingerprint density at radius 3 is 2.46 bits per heavy atom. The summed E-state index contributed by atoms with van der Waals surface area (Å²) >= 11 is 0. The molecule has 0 spiro atoms. The van der Waals surface area contributed by atoms with Gasteiger partial charge in [0.1, 0.15) is 17.7 Å². The van der Waals surface area contributed by atoms with Crippen LogP contribution < -0.4 is 4.74 Å². The SMILES string of the molecule is COc1ccc(O)c(C(C)(C)C)c1C(O)c1ncc([N+](=O)[O-])n1C. The van der Waals surface area contributed by atoms with Gasteiger partial charge in [0.2, 0.25) is 5.82 Å². The number of nitrogens with zero attached hydrogens (tertiary/aromatic N) is 3. The number of benzene rings is 1. The van der Waals surface area contributed by atoms with Gasteiger partial charge in [-0.3, -0.25) is 0 Å². The van der Waals surface area contributed by atoms with Crippen molar-refractivity contribution in [3.63, 3.8) is 0 Å². The van der Waals surface area contributed by atoms with Gasteiger partial charge in [-0.05, 0) is 22.5 Å². The molecule has 1 heterocycles. The molecule has 0 saturated carbocycles. The lowest BCUT2D eigenvalue weighted by atomic mass is 9.81. The Bertz CT molecular complexity index is 777. The molecule has 0 aliphatic carbocycles. The van der Waals surface area contributed by atoms with Crippen LogP contribution in [0.3, 0.4) is 0 Å². The summed E-state index contributed by atoms with van der Waals surface area (Å²) < 4.78 is 6.54. The predicted molar refractivity (Wildman–Crippen MR) is 87.3 cm³/mol. The second kappa shape index (κ2) is 6.12. The van der Waals surface area contributed by atoms with Crippen LogP contribution in [0.4, 0.5) is 5.82 Å². The molecule has 0 aliphatic rings. The van der Waals surface area contributed by atoms with Crippen LogP contribution in [-0.4, -0.2) is 31.8 Å². The Morgan fingerprint density at radius 1 is 1.38 bits per heavy atom. The van der Waals surface area contributed by atoms with Crippen molar-refractivity contribution in [2.45, 2.75) is 32.3 Å². The van der Waals surface area contributed by atoms with Crippen LogP contribution in [0.2, 0.25) is 0 Å². The monoisotopic (exact) mass is 335 g/mol. The molecule has 0 amide bonds. The van der Waals surface area contributed by atoms with Crippen molar-refractivity contribution in [1.29, 1.82) is 0 Å². The van der Waals surface area contributed by atoms with E-state index >= 15 is 0 Å². The van der Waals surface area contributed by atoms with Crippen LogP contribution in [0.5, 0.6) is 11.5 Å². The van der Waals surface area contributed by atoms with Crippen molar-refractivity contribution in [1.82, 2.24) is 9.55 Å². The van der Waals surface area contributed by atoms with Gasteiger partial charge in [-0.25, -0.2) is 9.55 Å². The molecule has 24 heavy (non-hydrogen) atoms. The molecule has 2 rings (SSSR count). The maximum absolute atomic E-state index is 11.0. The number of aliphatic hydroxyl groups is 1. The third kappa shape index (κ3) is 2.92. The summed E-state index contributed by atoms with van der Waals surface area (Å²) in [6.07, 6.45) is -0.204. The Balaban J connectivity index is 2.71. The second-order valence-corrected chi connectivity index (χ2v) is 6.52. The van der Waals surface area contributed by atoms with E-state index in [0.717, 1.165) is 6.20 Å². The summed E-state index contributed by atoms with van der Waals surface area (Å²) in [4.78, 5) is 14.4. The van der Waals surface area contributed by atoms with Crippen molar-refractivity contribution in [2.24, 2.45) is 7.05 Å². The number of ether oxygens (including phenoxy) is 1. The molecular weight excluding hydrogens is 314 g/mol. The predicted octanol–water partition coefficient (Wildman–Crippen LogP) is 2.42. The molecule has 130 valence electrons. The van der Waals surface area contributed by atoms with Gasteiger partial charge >= 0.3 is 5.82 Å². The number of hydrogen-bond donors (Lipinski definition) is 2. The van der Waals surface area contributed by atoms with Gasteiger partial charge in [0, 0.05) is 11.1 Å². The van der Waals surface area contributed by atoms with E-state index in [4.69, 9.17) is 4.74 Å². The first-order chi connectivity index (χ1) is 11.1. The molecule has 8 heteroatoms. The average Bonchev–Trinajstić information content (AvgIpc) is 2.86. The molecule has 0 bridgehead atoms. The fourth-order valence-corrected chi connectivity index (χ4v) is 2.79. The van der Waals surface area contributed by atoms with Crippen LogP contribution in [0.1, 0.15) is 43.8 Å². The van der Waals surface area contributed by atoms with Crippen LogP contribution in [0, 0.1) is 10.1 Å². The number of rotatable bonds is 4. The lowest BCUT2D eigenvalue weighted by Gasteiger charge is -2.27. The zero-order valence-electron chi connectivity index (χ0n) is 14.3. The van der Waals surface area contributed by atoms with E-state index in [0.29, 0.717) is 16.9 Å². The van der Waals surface area contributed by atoms with Crippen molar-refractivity contribution >= 4 is 5.82 Å². The first-order valence-electron chi connectivity index (χ1n) is 7.34. The normalized spacial score (nSPS) is 12.9. The minimum absolute atomic E-state index is 0.0149. The molecular formula is C16H21N3O5. The minimum Gasteiger partial charge on any atom is -0.508 e. The lowest BCUT2D eigenvalue weighted by molar-refractivity contribution is -0.391. The number of hydrogen-bond acceptors (Lipinski definition) is 6. The molecule has 0 aliphatic heterocycles. The Hall–Kier alpha value is -2.61. The Morgan fingerprint density at radius 2 is 2.00 bits per heavy atom. The van der Waals surface area contributed by atoms with E-state index < -0.39 is 16.4 Å². The van der Waals surface area contributed by atoms with Gasteiger partial charge in [0.25, 0.3) is 0 Å². The molecule has 2 aromatic rings. The quantitative estimate of drug-likeness (QED) is 0.656. The van der Waals surface area contributed by atoms with Crippen molar-refractivity contribution in [3.05, 3.63) is 45.4 Å². The topological polar surface area (TPSA) is 111 Å². The van der Waals surface area contributed by atoms with Gasteiger partial charge in [0.05, 0.1) is 14.2 Å². The summed E-state index contributed by atoms with van der Waals surface area (Å²) in [5.41, 5.74) is 0.347. The molecule has 0 fully saturated rings. The molecule has 1 aromatic carbocycles. The van der Waals surface area contributed by atoms with Gasteiger partial charge in [0.15, 0.2) is 6.10 Å². The maximum atomic E-state index is 11.0. The third-order valence-corrected chi connectivity index (χ3v) is 3.86. The first-order valence-corrected chi connectivity index (χ1v) is 7.34. The highest BCUT2D eigenvalue weighted by Gasteiger charge is 2.33. The van der Waals surface area contributed by atoms with E-state index in [1.807, 2.05) is 20.8 Å². The molecule has 1 atom stereocenters. The molecule has 8 nitrogen and oxygen atoms in total. The number of methoxy groups -OCH3 is 1. The molecule has 0 saturated heterocycles. The highest BCUT2D eigenvalue weighted by molar-refractivity contribution is 5.54. The maximum Gasteiger partial charge on any atom is 0.342 e. The number of phenols is 1. The summed E-state index contributed by atoms with van der Waals surface area (Å²) in [5.74, 6) is 0.244. The summed E-state index contributed by atoms with van der Waals surface area (Å²) in [6, 6.07) is 3.04. The summed E-state index contributed by atoms with van der Waals surface area (Å²) in [6.45, 7) is 5.66. The lowest BCUT2D eigenvalue weighted by Crippen LogP contribution is -2.19. The van der Waals surface area contributed by atoms with Gasteiger partial charge in [-0.15, -0.1) is 0 Å². The zero-order chi connectivity index (χ0) is 18.2. The number of aliphatic hydroxyl groups excluding tert-OH is 1. The largest absolute Gasteiger partial charge is 0.508 e. The average molecular weight is 335 g/mol. The van der Waals surface area contributed by atoms with Gasteiger partial charge < -0.3 is 25.1 Å². The number of aromatic hydroxyl groups is 1. The Labute approximate surface area is 139 Å². The first kappa shape index (κ1) is 17.7. The third-order valence-electron chi connectivity index (χ3n) is 3.86. The minimum atomic E-state index is -1.29. The summed E-state index contributed by atoms with van der Waals surface area (Å²) in [5, 5.41) is 32.2. The van der Waals surface area contributed by atoms with E-state index in [1.165, 1.54) is 24.8 Å². The number of aromatic nitrogens is 2. The van der Waals surface area contributed by atoms with Gasteiger partial charge in [-0.2, -0.15) is 0 Å². The van der Waals surface area contributed by atoms with E-state index in [2.05, 4.69) is 4.98 Å². The summed E-state index contributed by atoms with van der Waals surface area (Å²) in [7, 11) is 2.91. The van der Waals surface area contributed by atoms with Crippen molar-refractivity contribution in [2.75, 3.05) is 7.11 Å². The molecule has 1 aromatic heterocycles. The molecule has 2 N–H and O–H groups in total. The van der Waals surface area contributed by atoms with Crippen LogP contribution in [-0.2, 0) is 12.5 Å². The number of phenolic OH excluding ortho intramolecular Hbond substituents is 1. The highest BCUT2D eigenvalue weighted by atomic mass is 16.6. The standard InChI is InChI=1S/C16H21N3O5/c1-16(2,3)13-9(20)6-7-10(24-5)12(13)14(21)15-17-8-11(18(15)4)19(22)23/h6-8,14,20-21H,1-5H3. The van der Waals surface area contributed by atoms with Crippen LogP contribution >= 0.6 is 0 Å². The van der Waals surface area contributed by atoms with Crippen molar-refractivity contribution < 1.29 is 19.9 Å². The van der Waals surface area contributed by atoms with E-state index in [1.54, 1.807) is 6.07 Å². The zero-order valence-corrected chi connectivity index (χ0v) is 14.3. The second-order valence-electron chi connectivity index (χ2n) is 6.52. The van der Waals surface area contributed by atoms with E-state index in [-0.39, 0.29) is 17.4 Å². The molecule has 0 radical (unpaired) electrons. The Kier molecular flexibility index (Phi) is 4.52. The highest BCUT2D eigenvalue weighted by Crippen LogP contribution is 2.43. The smallest absolute Gasteiger partial charge is 0.342 e. The molecule has 1 unspecified atom stereocenters. The van der Waals surface area contributed by atoms with E-state index in [9.17, 15) is 20.3 Å². The fourth-order valence-electron chi connectivity index (χ4n) is 2.79. The fraction of sp³-hybridized carbons (Fsp3) is 0.438. The van der Waals surface area contributed by atoms with Crippen molar-refractivity contribution in [3.8, 4) is 11.5 Å². The van der Waals surface area contributed by atoms with Gasteiger partial charge in [-0.1, -0.05) is 20.8 Å². The van der Waals surface area contributed by atoms with Crippen LogP contribution in [0.15, 0.2) is 18.3 Å². The number of nitro groups is 1.